The summed E-state index contributed by atoms with van der Waals surface area (Å²) in [6, 6.07) is 12.3. The number of hydrogen-bond donors (Lipinski definition) is 0. The monoisotopic (exact) mass is 471 g/mol. The summed E-state index contributed by atoms with van der Waals surface area (Å²) in [6.45, 7) is 8.21. The van der Waals surface area contributed by atoms with Gasteiger partial charge in [0.2, 0.25) is 5.91 Å². The molecule has 7 heteroatoms. The molecule has 1 saturated heterocycles. The number of rotatable bonds is 9. The number of carbonyl (C=O) groups is 1. The summed E-state index contributed by atoms with van der Waals surface area (Å²) in [6.07, 6.45) is 3.41. The summed E-state index contributed by atoms with van der Waals surface area (Å²) in [4.78, 5) is 18.8. The number of methoxy groups -OCH3 is 1. The summed E-state index contributed by atoms with van der Waals surface area (Å²) < 4.78 is 11.2. The lowest BCUT2D eigenvalue weighted by Gasteiger charge is -2.36. The number of unbranched alkanes of at least 4 members (excludes halogenated alkanes) is 1. The standard InChI is InChI=1S/C26H34ClN3O3/c1-20-6-5-7-23(26(20)27)29-15-13-28(14-16-29)12-3-4-17-33-22-10-8-21-9-11-25(31)30(19-32-2)24(21)18-22/h5-8,10,18H,3-4,9,11-17,19H2,1-2H3. The fourth-order valence-electron chi connectivity index (χ4n) is 4.59. The second-order valence-electron chi connectivity index (χ2n) is 8.82. The highest BCUT2D eigenvalue weighted by Crippen LogP contribution is 2.32. The molecule has 6 nitrogen and oxygen atoms in total. The molecule has 0 N–H and O–H groups in total. The van der Waals surface area contributed by atoms with Gasteiger partial charge >= 0.3 is 0 Å². The Kier molecular flexibility index (Phi) is 8.12. The summed E-state index contributed by atoms with van der Waals surface area (Å²) in [7, 11) is 1.61. The van der Waals surface area contributed by atoms with Crippen molar-refractivity contribution >= 4 is 28.9 Å². The van der Waals surface area contributed by atoms with Crippen molar-refractivity contribution in [2.75, 3.05) is 63.0 Å². The Balaban J connectivity index is 1.19. The van der Waals surface area contributed by atoms with Crippen LogP contribution in [0.4, 0.5) is 11.4 Å². The number of fused-ring (bicyclic) bond motifs is 1. The molecule has 0 bridgehead atoms. The smallest absolute Gasteiger partial charge is 0.229 e. The first-order valence-corrected chi connectivity index (χ1v) is 12.2. The van der Waals surface area contributed by atoms with Crippen LogP contribution in [-0.2, 0) is 16.0 Å². The van der Waals surface area contributed by atoms with E-state index in [1.165, 1.54) is 5.56 Å². The van der Waals surface area contributed by atoms with E-state index in [0.717, 1.165) is 79.7 Å². The van der Waals surface area contributed by atoms with Gasteiger partial charge < -0.3 is 14.4 Å². The largest absolute Gasteiger partial charge is 0.494 e. The zero-order chi connectivity index (χ0) is 23.2. The minimum absolute atomic E-state index is 0.103. The van der Waals surface area contributed by atoms with Gasteiger partial charge in [-0.2, -0.15) is 0 Å². The topological polar surface area (TPSA) is 45.2 Å². The van der Waals surface area contributed by atoms with Gasteiger partial charge in [-0.15, -0.1) is 0 Å². The minimum Gasteiger partial charge on any atom is -0.494 e. The molecule has 2 aromatic rings. The Labute approximate surface area is 202 Å². The molecular formula is C26H34ClN3O3. The van der Waals surface area contributed by atoms with Crippen molar-refractivity contribution in [1.29, 1.82) is 0 Å². The molecule has 178 valence electrons. The quantitative estimate of drug-likeness (QED) is 0.503. The van der Waals surface area contributed by atoms with Crippen LogP contribution < -0.4 is 14.5 Å². The molecule has 0 radical (unpaired) electrons. The summed E-state index contributed by atoms with van der Waals surface area (Å²) in [5.41, 5.74) is 4.37. The van der Waals surface area contributed by atoms with Gasteiger partial charge in [-0.1, -0.05) is 29.8 Å². The average Bonchev–Trinajstić information content (AvgIpc) is 2.83. The average molecular weight is 472 g/mol. The molecule has 33 heavy (non-hydrogen) atoms. The predicted octanol–water partition coefficient (Wildman–Crippen LogP) is 4.51. The third-order valence-electron chi connectivity index (χ3n) is 6.54. The summed E-state index contributed by atoms with van der Waals surface area (Å²) in [5.74, 6) is 0.916. The number of benzene rings is 2. The van der Waals surface area contributed by atoms with Gasteiger partial charge in [0.25, 0.3) is 0 Å². The lowest BCUT2D eigenvalue weighted by atomic mass is 10.0. The van der Waals surface area contributed by atoms with Gasteiger partial charge in [-0.3, -0.25) is 14.6 Å². The van der Waals surface area contributed by atoms with Crippen LogP contribution in [0.3, 0.4) is 0 Å². The van der Waals surface area contributed by atoms with Crippen LogP contribution in [0, 0.1) is 6.92 Å². The highest BCUT2D eigenvalue weighted by molar-refractivity contribution is 6.34. The molecule has 2 heterocycles. The molecule has 2 aromatic carbocycles. The van der Waals surface area contributed by atoms with Gasteiger partial charge in [0.05, 0.1) is 23.0 Å². The highest BCUT2D eigenvalue weighted by Gasteiger charge is 2.24. The van der Waals surface area contributed by atoms with Gasteiger partial charge in [-0.25, -0.2) is 0 Å². The second-order valence-corrected chi connectivity index (χ2v) is 9.20. The predicted molar refractivity (Wildman–Crippen MR) is 134 cm³/mol. The number of aryl methyl sites for hydroxylation is 2. The number of carbonyl (C=O) groups excluding carboxylic acids is 1. The molecule has 0 aromatic heterocycles. The van der Waals surface area contributed by atoms with E-state index in [1.54, 1.807) is 12.0 Å². The van der Waals surface area contributed by atoms with E-state index in [2.05, 4.69) is 41.0 Å². The first kappa shape index (κ1) is 23.9. The number of hydrogen-bond acceptors (Lipinski definition) is 5. The first-order chi connectivity index (χ1) is 16.1. The zero-order valence-electron chi connectivity index (χ0n) is 19.7. The number of amides is 1. The molecule has 0 saturated carbocycles. The van der Waals surface area contributed by atoms with Gasteiger partial charge in [0.15, 0.2) is 0 Å². The number of halogens is 1. The molecule has 4 rings (SSSR count). The van der Waals surface area contributed by atoms with Gasteiger partial charge in [0.1, 0.15) is 12.5 Å². The van der Waals surface area contributed by atoms with E-state index >= 15 is 0 Å². The van der Waals surface area contributed by atoms with Crippen LogP contribution >= 0.6 is 11.6 Å². The Morgan fingerprint density at radius 3 is 2.61 bits per heavy atom. The fourth-order valence-corrected chi connectivity index (χ4v) is 4.84. The zero-order valence-corrected chi connectivity index (χ0v) is 20.4. The second kappa shape index (κ2) is 11.2. The maximum absolute atomic E-state index is 12.2. The van der Waals surface area contributed by atoms with Crippen LogP contribution in [0.2, 0.25) is 5.02 Å². The van der Waals surface area contributed by atoms with Crippen molar-refractivity contribution in [3.8, 4) is 5.75 Å². The maximum atomic E-state index is 12.2. The molecule has 1 fully saturated rings. The number of piperazine rings is 1. The maximum Gasteiger partial charge on any atom is 0.229 e. The SMILES string of the molecule is COCN1C(=O)CCc2ccc(OCCCCN3CCN(c4cccc(C)c4Cl)CC3)cc21. The van der Waals surface area contributed by atoms with Crippen LogP contribution in [0.5, 0.6) is 5.75 Å². The van der Waals surface area contributed by atoms with Crippen molar-refractivity contribution in [2.24, 2.45) is 0 Å². The van der Waals surface area contributed by atoms with Crippen molar-refractivity contribution in [2.45, 2.75) is 32.6 Å². The molecule has 0 spiro atoms. The van der Waals surface area contributed by atoms with Crippen LogP contribution in [0.25, 0.3) is 0 Å². The lowest BCUT2D eigenvalue weighted by Crippen LogP contribution is -2.46. The third kappa shape index (κ3) is 5.81. The molecule has 0 aliphatic carbocycles. The summed E-state index contributed by atoms with van der Waals surface area (Å²) >= 11 is 6.51. The Morgan fingerprint density at radius 2 is 1.82 bits per heavy atom. The van der Waals surface area contributed by atoms with Crippen LogP contribution in [0.15, 0.2) is 36.4 Å². The van der Waals surface area contributed by atoms with Crippen molar-refractivity contribution in [1.82, 2.24) is 4.90 Å². The fraction of sp³-hybridized carbons (Fsp3) is 0.500. The van der Waals surface area contributed by atoms with E-state index < -0.39 is 0 Å². The number of ether oxygens (including phenoxy) is 2. The van der Waals surface area contributed by atoms with E-state index in [1.807, 2.05) is 12.1 Å². The lowest BCUT2D eigenvalue weighted by molar-refractivity contribution is -0.119. The molecule has 0 atom stereocenters. The van der Waals surface area contributed by atoms with E-state index in [-0.39, 0.29) is 12.6 Å². The van der Waals surface area contributed by atoms with Crippen molar-refractivity contribution < 1.29 is 14.3 Å². The van der Waals surface area contributed by atoms with E-state index in [4.69, 9.17) is 21.1 Å². The number of nitrogens with zero attached hydrogens (tertiary/aromatic N) is 3. The van der Waals surface area contributed by atoms with E-state index in [0.29, 0.717) is 13.0 Å². The Bertz CT molecular complexity index is 960. The molecule has 2 aliphatic heterocycles. The normalized spacial score (nSPS) is 16.8. The minimum atomic E-state index is 0.103. The van der Waals surface area contributed by atoms with Gasteiger partial charge in [0, 0.05) is 45.8 Å². The van der Waals surface area contributed by atoms with Crippen LogP contribution in [0.1, 0.15) is 30.4 Å². The van der Waals surface area contributed by atoms with Gasteiger partial charge in [-0.05, 0) is 56.0 Å². The van der Waals surface area contributed by atoms with Crippen LogP contribution in [-0.4, -0.2) is 64.0 Å². The summed E-state index contributed by atoms with van der Waals surface area (Å²) in [5, 5.41) is 0.875. The van der Waals surface area contributed by atoms with Crippen molar-refractivity contribution in [3.05, 3.63) is 52.5 Å². The van der Waals surface area contributed by atoms with E-state index in [9.17, 15) is 4.79 Å². The number of anilines is 2. The molecule has 0 unspecified atom stereocenters. The third-order valence-corrected chi connectivity index (χ3v) is 7.03. The highest BCUT2D eigenvalue weighted by atomic mass is 35.5. The molecule has 2 aliphatic rings. The van der Waals surface area contributed by atoms with Crippen molar-refractivity contribution in [3.63, 3.8) is 0 Å². The Hall–Kier alpha value is -2.28. The first-order valence-electron chi connectivity index (χ1n) is 11.8. The molecule has 1 amide bonds. The Morgan fingerprint density at radius 1 is 1.00 bits per heavy atom. The molecular weight excluding hydrogens is 438 g/mol.